The average molecular weight is 716 g/mol. The minimum atomic E-state index is -3.34. The number of amides is 5. The number of rotatable bonds is 13. The Morgan fingerprint density at radius 2 is 1.58 bits per heavy atom. The third kappa shape index (κ3) is 7.48. The van der Waals surface area contributed by atoms with Gasteiger partial charge in [0.25, 0.3) is 5.91 Å². The first-order chi connectivity index (χ1) is 23.8. The molecule has 13 heteroatoms. The van der Waals surface area contributed by atoms with Gasteiger partial charge < -0.3 is 26.2 Å². The molecule has 2 heterocycles. The van der Waals surface area contributed by atoms with E-state index in [1.165, 1.54) is 6.08 Å². The van der Waals surface area contributed by atoms with Crippen molar-refractivity contribution in [3.63, 3.8) is 0 Å². The fourth-order valence-electron chi connectivity index (χ4n) is 9.95. The van der Waals surface area contributed by atoms with Crippen LogP contribution in [0.25, 0.3) is 0 Å². The molecule has 50 heavy (non-hydrogen) atoms. The van der Waals surface area contributed by atoms with Gasteiger partial charge in [0.1, 0.15) is 12.1 Å². The molecule has 6 fully saturated rings. The largest absolute Gasteiger partial charge is 0.346 e. The molecule has 0 bridgehead atoms. The Kier molecular flexibility index (Phi) is 10.7. The quantitative estimate of drug-likeness (QED) is 0.168. The lowest BCUT2D eigenvalue weighted by Crippen LogP contribution is -2.64. The molecule has 5 amide bonds. The van der Waals surface area contributed by atoms with Gasteiger partial charge in [-0.05, 0) is 74.0 Å². The first kappa shape index (κ1) is 36.8. The molecular formula is C37H57N5O7S. The van der Waals surface area contributed by atoms with Gasteiger partial charge in [0, 0.05) is 13.1 Å². The molecule has 0 aromatic rings. The molecule has 2 aliphatic heterocycles. The second-order valence-electron chi connectivity index (χ2n) is 16.7. The van der Waals surface area contributed by atoms with Crippen LogP contribution in [-0.4, -0.2) is 90.6 Å². The third-order valence-electron chi connectivity index (χ3n) is 13.0. The summed E-state index contributed by atoms with van der Waals surface area (Å²) in [7, 11) is -3.34. The highest BCUT2D eigenvalue weighted by atomic mass is 32.2. The Hall–Kier alpha value is -2.96. The number of hydrogen-bond donors (Lipinski definition) is 4. The minimum Gasteiger partial charge on any atom is -0.346 e. The van der Waals surface area contributed by atoms with Gasteiger partial charge in [-0.15, -0.1) is 6.58 Å². The maximum Gasteiger partial charge on any atom is 0.315 e. The summed E-state index contributed by atoms with van der Waals surface area (Å²) in [6.45, 7) is 8.26. The summed E-state index contributed by atoms with van der Waals surface area (Å²) in [6, 6.07) is -3.23. The molecule has 4 saturated carbocycles. The number of hydrogen-bond acceptors (Lipinski definition) is 7. The number of nitrogens with one attached hydrogen (secondary N) is 4. The third-order valence-corrected chi connectivity index (χ3v) is 15.4. The molecular weight excluding hydrogens is 659 g/mol. The first-order valence-corrected chi connectivity index (χ1v) is 20.8. The van der Waals surface area contributed by atoms with Crippen molar-refractivity contribution in [3.8, 4) is 0 Å². The van der Waals surface area contributed by atoms with Gasteiger partial charge in [0.2, 0.25) is 17.6 Å². The summed E-state index contributed by atoms with van der Waals surface area (Å²) in [5, 5.41) is 11.0. The van der Waals surface area contributed by atoms with Crippen LogP contribution in [0.5, 0.6) is 0 Å². The number of carbonyl (C=O) groups is 5. The molecule has 4 N–H and O–H groups in total. The predicted octanol–water partition coefficient (Wildman–Crippen LogP) is 3.15. The Bertz CT molecular complexity index is 1460. The first-order valence-electron chi connectivity index (χ1n) is 19.1. The van der Waals surface area contributed by atoms with E-state index < -0.39 is 62.4 Å². The number of Topliss-reactive ketones (excluding diaryl/α,β-unsaturated/α-hetero) is 1. The zero-order valence-electron chi connectivity index (χ0n) is 29.8. The second-order valence-corrected chi connectivity index (χ2v) is 19.0. The summed E-state index contributed by atoms with van der Waals surface area (Å²) >= 11 is 0. The number of likely N-dealkylation sites (tertiary alicyclic amines) is 1. The predicted molar refractivity (Wildman–Crippen MR) is 188 cm³/mol. The monoisotopic (exact) mass is 715 g/mol. The van der Waals surface area contributed by atoms with Crippen LogP contribution in [0.2, 0.25) is 0 Å². The normalized spacial score (nSPS) is 30.6. The second kappa shape index (κ2) is 14.6. The van der Waals surface area contributed by atoms with Crippen molar-refractivity contribution in [2.24, 2.45) is 29.1 Å². The van der Waals surface area contributed by atoms with Crippen LogP contribution < -0.4 is 21.3 Å². The van der Waals surface area contributed by atoms with E-state index in [4.69, 9.17) is 0 Å². The van der Waals surface area contributed by atoms with Crippen LogP contribution in [0.15, 0.2) is 12.7 Å². The number of ketones is 1. The van der Waals surface area contributed by atoms with Gasteiger partial charge in [-0.1, -0.05) is 71.3 Å². The number of urea groups is 1. The van der Waals surface area contributed by atoms with Gasteiger partial charge in [-0.25, -0.2) is 13.2 Å². The molecule has 6 rings (SSSR count). The SMILES string of the molecule is C=CCNC(=O)C(=O)C(CC1CC1)NC(=O)[C@@H]1[C@@H]2[C@H](CN1C(=O)[C@@H](NC(=O)NC1(C3CCCS3(=O)=O)CCCCC1)C1CCCCC1)C2(C)C. The van der Waals surface area contributed by atoms with Crippen molar-refractivity contribution in [3.05, 3.63) is 12.7 Å². The zero-order valence-corrected chi connectivity index (χ0v) is 30.7. The molecule has 2 saturated heterocycles. The maximum atomic E-state index is 14.7. The van der Waals surface area contributed by atoms with Crippen molar-refractivity contribution in [2.75, 3.05) is 18.8 Å². The number of piperidine rings is 1. The standard InChI is InChI=1S/C37H57N5O7S/c1-4-19-38-33(45)31(43)26(21-23-15-16-23)39-32(44)30-28-25(36(28,2)3)22-42(30)34(46)29(24-12-7-5-8-13-24)40-35(47)41-37(17-9-6-10-18-37)27-14-11-20-50(27,48)49/h4,23-30H,1,5-22H2,2-3H3,(H,38,45)(H,39,44)(H2,40,41,47)/t25-,26?,27?,28-,29-,30-/m0/s1. The van der Waals surface area contributed by atoms with Gasteiger partial charge in [0.05, 0.1) is 22.6 Å². The van der Waals surface area contributed by atoms with E-state index in [1.807, 2.05) is 0 Å². The van der Waals surface area contributed by atoms with E-state index in [0.717, 1.165) is 64.2 Å². The van der Waals surface area contributed by atoms with E-state index in [1.54, 1.807) is 4.90 Å². The van der Waals surface area contributed by atoms with E-state index in [0.29, 0.717) is 38.6 Å². The Morgan fingerprint density at radius 3 is 2.20 bits per heavy atom. The smallest absolute Gasteiger partial charge is 0.315 e. The lowest BCUT2D eigenvalue weighted by atomic mass is 9.78. The highest BCUT2D eigenvalue weighted by Gasteiger charge is 2.70. The van der Waals surface area contributed by atoms with Crippen LogP contribution >= 0.6 is 0 Å². The molecule has 12 nitrogen and oxygen atoms in total. The highest BCUT2D eigenvalue weighted by molar-refractivity contribution is 7.92. The van der Waals surface area contributed by atoms with Crippen LogP contribution in [0.4, 0.5) is 4.79 Å². The molecule has 6 aliphatic rings. The number of nitrogens with zero attached hydrogens (tertiary/aromatic N) is 1. The summed E-state index contributed by atoms with van der Waals surface area (Å²) in [6.07, 6.45) is 13.1. The molecule has 4 aliphatic carbocycles. The summed E-state index contributed by atoms with van der Waals surface area (Å²) < 4.78 is 26.3. The minimum absolute atomic E-state index is 0.0922. The van der Waals surface area contributed by atoms with E-state index in [2.05, 4.69) is 41.7 Å². The van der Waals surface area contributed by atoms with E-state index in [-0.39, 0.29) is 47.3 Å². The van der Waals surface area contributed by atoms with Crippen molar-refractivity contribution < 1.29 is 32.4 Å². The fourth-order valence-corrected chi connectivity index (χ4v) is 12.3. The molecule has 0 aromatic heterocycles. The fraction of sp³-hybridized carbons (Fsp3) is 0.811. The zero-order chi connectivity index (χ0) is 35.8. The number of fused-ring (bicyclic) bond motifs is 1. The van der Waals surface area contributed by atoms with Gasteiger partial charge in [-0.2, -0.15) is 0 Å². The molecule has 278 valence electrons. The Morgan fingerprint density at radius 1 is 0.900 bits per heavy atom. The average Bonchev–Trinajstić information content (AvgIpc) is 3.88. The van der Waals surface area contributed by atoms with Crippen molar-refractivity contribution >= 4 is 39.4 Å². The molecule has 0 radical (unpaired) electrons. The number of carbonyl (C=O) groups excluding carboxylic acids is 5. The topological polar surface area (TPSA) is 171 Å². The van der Waals surface area contributed by atoms with E-state index >= 15 is 0 Å². The van der Waals surface area contributed by atoms with Crippen molar-refractivity contribution in [1.29, 1.82) is 0 Å². The molecule has 0 spiro atoms. The molecule has 0 aromatic carbocycles. The van der Waals surface area contributed by atoms with Gasteiger partial charge in [0.15, 0.2) is 9.84 Å². The van der Waals surface area contributed by atoms with Crippen LogP contribution in [0.3, 0.4) is 0 Å². The van der Waals surface area contributed by atoms with Gasteiger partial charge >= 0.3 is 6.03 Å². The molecule has 6 atom stereocenters. The van der Waals surface area contributed by atoms with Crippen LogP contribution in [0.1, 0.15) is 110 Å². The Labute approximate surface area is 297 Å². The Balaban J connectivity index is 1.22. The van der Waals surface area contributed by atoms with Crippen LogP contribution in [-0.2, 0) is 29.0 Å². The summed E-state index contributed by atoms with van der Waals surface area (Å²) in [4.78, 5) is 70.4. The van der Waals surface area contributed by atoms with Crippen molar-refractivity contribution in [1.82, 2.24) is 26.2 Å². The van der Waals surface area contributed by atoms with Crippen molar-refractivity contribution in [2.45, 2.75) is 139 Å². The summed E-state index contributed by atoms with van der Waals surface area (Å²) in [5.41, 5.74) is -1.04. The van der Waals surface area contributed by atoms with Gasteiger partial charge in [-0.3, -0.25) is 19.2 Å². The number of sulfone groups is 1. The molecule has 2 unspecified atom stereocenters. The maximum absolute atomic E-state index is 14.7. The van der Waals surface area contributed by atoms with Crippen LogP contribution in [0, 0.1) is 29.1 Å². The lowest BCUT2D eigenvalue weighted by molar-refractivity contribution is -0.144. The van der Waals surface area contributed by atoms with E-state index in [9.17, 15) is 32.4 Å². The summed E-state index contributed by atoms with van der Waals surface area (Å²) in [5.74, 6) is -1.97. The highest BCUT2D eigenvalue weighted by Crippen LogP contribution is 2.65. The lowest BCUT2D eigenvalue weighted by Gasteiger charge is -2.43.